The molecule has 2 aromatic rings. The van der Waals surface area contributed by atoms with E-state index in [-0.39, 0.29) is 5.92 Å². The molecule has 2 aliphatic rings. The van der Waals surface area contributed by atoms with Gasteiger partial charge >= 0.3 is 0 Å². The zero-order chi connectivity index (χ0) is 14.2. The second-order valence-corrected chi connectivity index (χ2v) is 7.03. The molecule has 1 aliphatic heterocycles. The number of aliphatic hydroxyl groups excluding tert-OH is 1. The lowest BCUT2D eigenvalue weighted by Crippen LogP contribution is -2.18. The first kappa shape index (κ1) is 13.4. The summed E-state index contributed by atoms with van der Waals surface area (Å²) in [5.74, 6) is 1.16. The van der Waals surface area contributed by atoms with Gasteiger partial charge in [0.1, 0.15) is 5.75 Å². The third kappa shape index (κ3) is 2.29. The molecule has 2 atom stereocenters. The molecule has 1 aromatic heterocycles. The van der Waals surface area contributed by atoms with E-state index in [1.54, 1.807) is 0 Å². The van der Waals surface area contributed by atoms with Crippen molar-refractivity contribution in [2.75, 3.05) is 6.61 Å². The summed E-state index contributed by atoms with van der Waals surface area (Å²) in [6, 6.07) is 8.42. The number of aryl methyl sites for hydroxylation is 2. The lowest BCUT2D eigenvalue weighted by Gasteiger charge is -2.30. The summed E-state index contributed by atoms with van der Waals surface area (Å²) < 4.78 is 5.88. The molecule has 1 aromatic carbocycles. The van der Waals surface area contributed by atoms with E-state index in [0.717, 1.165) is 37.2 Å². The van der Waals surface area contributed by atoms with Crippen LogP contribution in [-0.4, -0.2) is 11.7 Å². The van der Waals surface area contributed by atoms with Crippen LogP contribution in [0.25, 0.3) is 0 Å². The van der Waals surface area contributed by atoms with Gasteiger partial charge in [-0.2, -0.15) is 0 Å². The Balaban J connectivity index is 1.72. The Morgan fingerprint density at radius 3 is 3.10 bits per heavy atom. The molecular weight excluding hydrogens is 280 g/mol. The van der Waals surface area contributed by atoms with E-state index in [2.05, 4.69) is 23.6 Å². The lowest BCUT2D eigenvalue weighted by molar-refractivity contribution is 0.130. The summed E-state index contributed by atoms with van der Waals surface area (Å²) in [5.41, 5.74) is 3.59. The predicted octanol–water partition coefficient (Wildman–Crippen LogP) is 4.23. The maximum atomic E-state index is 11.0. The number of hydrogen-bond donors (Lipinski definition) is 1. The smallest absolute Gasteiger partial charge is 0.128 e. The van der Waals surface area contributed by atoms with Gasteiger partial charge in [0.05, 0.1) is 12.7 Å². The van der Waals surface area contributed by atoms with Crippen molar-refractivity contribution >= 4 is 11.3 Å². The number of hydrogen-bond acceptors (Lipinski definition) is 3. The highest BCUT2D eigenvalue weighted by Crippen LogP contribution is 2.45. The van der Waals surface area contributed by atoms with Crippen LogP contribution in [0, 0.1) is 0 Å². The average Bonchev–Trinajstić information content (AvgIpc) is 3.02. The average molecular weight is 300 g/mol. The Hall–Kier alpha value is -1.32. The molecule has 4 rings (SSSR count). The van der Waals surface area contributed by atoms with E-state index in [1.165, 1.54) is 28.8 Å². The third-order valence-corrected chi connectivity index (χ3v) is 5.76. The van der Waals surface area contributed by atoms with Crippen LogP contribution in [-0.2, 0) is 12.8 Å². The van der Waals surface area contributed by atoms with Crippen LogP contribution < -0.4 is 4.74 Å². The minimum Gasteiger partial charge on any atom is -0.493 e. The van der Waals surface area contributed by atoms with Crippen molar-refractivity contribution < 1.29 is 9.84 Å². The van der Waals surface area contributed by atoms with Gasteiger partial charge in [0, 0.05) is 16.4 Å². The number of aliphatic hydroxyl groups is 1. The SMILES string of the molecule is OC(c1cccc2c1OCCC2)C1CCCc2sccc21. The van der Waals surface area contributed by atoms with Crippen LogP contribution >= 0.6 is 11.3 Å². The summed E-state index contributed by atoms with van der Waals surface area (Å²) in [5, 5.41) is 13.2. The predicted molar refractivity (Wildman–Crippen MR) is 85.2 cm³/mol. The molecule has 1 aliphatic carbocycles. The highest BCUT2D eigenvalue weighted by molar-refractivity contribution is 7.10. The van der Waals surface area contributed by atoms with Gasteiger partial charge in [0.25, 0.3) is 0 Å². The largest absolute Gasteiger partial charge is 0.493 e. The molecule has 0 bridgehead atoms. The molecule has 110 valence electrons. The summed E-state index contributed by atoms with van der Waals surface area (Å²) in [4.78, 5) is 1.45. The van der Waals surface area contributed by atoms with Crippen LogP contribution in [0.5, 0.6) is 5.75 Å². The molecule has 2 heterocycles. The second kappa shape index (κ2) is 5.47. The number of para-hydroxylation sites is 1. The third-order valence-electron chi connectivity index (χ3n) is 4.76. The second-order valence-electron chi connectivity index (χ2n) is 6.03. The molecule has 0 saturated carbocycles. The van der Waals surface area contributed by atoms with Crippen molar-refractivity contribution in [1.29, 1.82) is 0 Å². The highest BCUT2D eigenvalue weighted by Gasteiger charge is 2.31. The number of ether oxygens (including phenoxy) is 1. The van der Waals surface area contributed by atoms with Gasteiger partial charge in [-0.1, -0.05) is 18.2 Å². The summed E-state index contributed by atoms with van der Waals surface area (Å²) in [6.07, 6.45) is 5.08. The lowest BCUT2D eigenvalue weighted by atomic mass is 9.80. The van der Waals surface area contributed by atoms with Crippen LogP contribution in [0.3, 0.4) is 0 Å². The van der Waals surface area contributed by atoms with Gasteiger partial charge in [0.2, 0.25) is 0 Å². The molecule has 2 unspecified atom stereocenters. The first-order chi connectivity index (χ1) is 10.3. The van der Waals surface area contributed by atoms with Crippen molar-refractivity contribution in [3.63, 3.8) is 0 Å². The Labute approximate surface area is 129 Å². The highest BCUT2D eigenvalue weighted by atomic mass is 32.1. The van der Waals surface area contributed by atoms with E-state index in [1.807, 2.05) is 17.4 Å². The van der Waals surface area contributed by atoms with Crippen LogP contribution in [0.15, 0.2) is 29.6 Å². The van der Waals surface area contributed by atoms with E-state index in [0.29, 0.717) is 0 Å². The Kier molecular flexibility index (Phi) is 3.48. The van der Waals surface area contributed by atoms with Gasteiger partial charge in [-0.3, -0.25) is 0 Å². The molecule has 2 nitrogen and oxygen atoms in total. The standard InChI is InChI=1S/C18H20O2S/c19-17(14-6-2-8-16-13(14)9-11-21-16)15-7-1-4-12-5-3-10-20-18(12)15/h1,4,7,9,11,14,17,19H,2-3,5-6,8,10H2. The minimum absolute atomic E-state index is 0.219. The number of fused-ring (bicyclic) bond motifs is 2. The van der Waals surface area contributed by atoms with Gasteiger partial charge in [-0.25, -0.2) is 0 Å². The molecule has 1 N–H and O–H groups in total. The monoisotopic (exact) mass is 300 g/mol. The Bertz CT molecular complexity index is 646. The fourth-order valence-electron chi connectivity index (χ4n) is 3.71. The first-order valence-electron chi connectivity index (χ1n) is 7.83. The summed E-state index contributed by atoms with van der Waals surface area (Å²) >= 11 is 1.83. The molecule has 3 heteroatoms. The Morgan fingerprint density at radius 1 is 1.19 bits per heavy atom. The minimum atomic E-state index is -0.452. The zero-order valence-corrected chi connectivity index (χ0v) is 12.9. The van der Waals surface area contributed by atoms with Crippen molar-refractivity contribution in [2.24, 2.45) is 0 Å². The van der Waals surface area contributed by atoms with Crippen LogP contribution in [0.2, 0.25) is 0 Å². The quantitative estimate of drug-likeness (QED) is 0.899. The normalized spacial score (nSPS) is 22.0. The van der Waals surface area contributed by atoms with Gasteiger partial charge in [-0.05, 0) is 54.7 Å². The molecular formula is C18H20O2S. The van der Waals surface area contributed by atoms with Crippen LogP contribution in [0.1, 0.15) is 52.9 Å². The van der Waals surface area contributed by atoms with Crippen molar-refractivity contribution in [3.05, 3.63) is 51.2 Å². The molecule has 0 saturated heterocycles. The van der Waals surface area contributed by atoms with E-state index in [9.17, 15) is 5.11 Å². The maximum Gasteiger partial charge on any atom is 0.128 e. The van der Waals surface area contributed by atoms with E-state index >= 15 is 0 Å². The molecule has 0 amide bonds. The van der Waals surface area contributed by atoms with Crippen molar-refractivity contribution in [1.82, 2.24) is 0 Å². The number of thiophene rings is 1. The maximum absolute atomic E-state index is 11.0. The summed E-state index contributed by atoms with van der Waals surface area (Å²) in [7, 11) is 0. The Morgan fingerprint density at radius 2 is 2.14 bits per heavy atom. The van der Waals surface area contributed by atoms with Crippen molar-refractivity contribution in [3.8, 4) is 5.75 Å². The van der Waals surface area contributed by atoms with Gasteiger partial charge in [0.15, 0.2) is 0 Å². The zero-order valence-electron chi connectivity index (χ0n) is 12.0. The van der Waals surface area contributed by atoms with Gasteiger partial charge in [-0.15, -0.1) is 11.3 Å². The molecule has 0 spiro atoms. The van der Waals surface area contributed by atoms with Gasteiger partial charge < -0.3 is 9.84 Å². The molecule has 0 fully saturated rings. The topological polar surface area (TPSA) is 29.5 Å². The number of benzene rings is 1. The molecule has 21 heavy (non-hydrogen) atoms. The number of rotatable bonds is 2. The molecule has 0 radical (unpaired) electrons. The van der Waals surface area contributed by atoms with E-state index < -0.39 is 6.10 Å². The van der Waals surface area contributed by atoms with Crippen molar-refractivity contribution in [2.45, 2.75) is 44.1 Å². The summed E-state index contributed by atoms with van der Waals surface area (Å²) in [6.45, 7) is 0.769. The van der Waals surface area contributed by atoms with Crippen LogP contribution in [0.4, 0.5) is 0 Å². The fraction of sp³-hybridized carbons (Fsp3) is 0.444. The first-order valence-corrected chi connectivity index (χ1v) is 8.71. The van der Waals surface area contributed by atoms with E-state index in [4.69, 9.17) is 4.74 Å². The fourth-order valence-corrected chi connectivity index (χ4v) is 4.71.